The molecule has 19 heavy (non-hydrogen) atoms. The summed E-state index contributed by atoms with van der Waals surface area (Å²) in [5.74, 6) is 2.04. The molecule has 0 amide bonds. The zero-order chi connectivity index (χ0) is 13.6. The van der Waals surface area contributed by atoms with Gasteiger partial charge in [0.15, 0.2) is 6.10 Å². The van der Waals surface area contributed by atoms with Crippen LogP contribution in [0.4, 0.5) is 5.95 Å². The third kappa shape index (κ3) is 2.05. The third-order valence-corrected chi connectivity index (χ3v) is 3.46. The second-order valence-corrected chi connectivity index (χ2v) is 5.18. The highest BCUT2D eigenvalue weighted by Gasteiger charge is 2.29. The summed E-state index contributed by atoms with van der Waals surface area (Å²) in [5.41, 5.74) is 3.72. The van der Waals surface area contributed by atoms with Crippen molar-refractivity contribution >= 4 is 5.95 Å². The van der Waals surface area contributed by atoms with E-state index in [1.807, 2.05) is 19.0 Å². The van der Waals surface area contributed by atoms with E-state index in [4.69, 9.17) is 9.26 Å². The fourth-order valence-electron chi connectivity index (χ4n) is 2.19. The lowest BCUT2D eigenvalue weighted by atomic mass is 10.0. The predicted molar refractivity (Wildman–Crippen MR) is 71.6 cm³/mol. The maximum Gasteiger partial charge on any atom is 0.269 e. The molecule has 2 aromatic rings. The fourth-order valence-corrected chi connectivity index (χ4v) is 2.19. The molecule has 5 nitrogen and oxygen atoms in total. The Morgan fingerprint density at radius 2 is 1.95 bits per heavy atom. The molecule has 0 saturated heterocycles. The third-order valence-electron chi connectivity index (χ3n) is 3.46. The molecule has 1 atom stereocenters. The van der Waals surface area contributed by atoms with Gasteiger partial charge in [-0.2, -0.15) is 4.98 Å². The van der Waals surface area contributed by atoms with Crippen LogP contribution in [0.1, 0.15) is 28.7 Å². The monoisotopic (exact) mass is 259 g/mol. The number of aryl methyl sites for hydroxylation is 2. The predicted octanol–water partition coefficient (Wildman–Crippen LogP) is 2.43. The molecule has 0 fully saturated rings. The van der Waals surface area contributed by atoms with Crippen LogP contribution in [0.25, 0.3) is 0 Å². The molecule has 0 bridgehead atoms. The van der Waals surface area contributed by atoms with Crippen molar-refractivity contribution < 1.29 is 9.26 Å². The number of hydrogen-bond donors (Lipinski definition) is 0. The van der Waals surface area contributed by atoms with Crippen LogP contribution in [0, 0.1) is 13.8 Å². The summed E-state index contributed by atoms with van der Waals surface area (Å²) < 4.78 is 11.2. The van der Waals surface area contributed by atoms with Crippen molar-refractivity contribution in [3.05, 3.63) is 34.7 Å². The summed E-state index contributed by atoms with van der Waals surface area (Å²) in [6.45, 7) is 4.20. The Kier molecular flexibility index (Phi) is 2.69. The van der Waals surface area contributed by atoms with Gasteiger partial charge in [-0.25, -0.2) is 0 Å². The smallest absolute Gasteiger partial charge is 0.269 e. The molecule has 1 aromatic heterocycles. The minimum atomic E-state index is -0.169. The minimum absolute atomic E-state index is 0.169. The first kappa shape index (κ1) is 12.0. The molecule has 100 valence electrons. The molecule has 0 saturated carbocycles. The van der Waals surface area contributed by atoms with Crippen LogP contribution in [-0.2, 0) is 6.42 Å². The van der Waals surface area contributed by atoms with Gasteiger partial charge in [0.05, 0.1) is 0 Å². The average molecular weight is 259 g/mol. The molecule has 5 heteroatoms. The maximum atomic E-state index is 5.91. The van der Waals surface area contributed by atoms with E-state index < -0.39 is 0 Å². The Morgan fingerprint density at radius 3 is 2.63 bits per heavy atom. The van der Waals surface area contributed by atoms with E-state index in [9.17, 15) is 0 Å². The zero-order valence-corrected chi connectivity index (χ0v) is 11.6. The van der Waals surface area contributed by atoms with Crippen molar-refractivity contribution in [3.63, 3.8) is 0 Å². The Morgan fingerprint density at radius 1 is 1.21 bits per heavy atom. The summed E-state index contributed by atoms with van der Waals surface area (Å²) in [6.07, 6.45) is 0.614. The van der Waals surface area contributed by atoms with E-state index in [1.165, 1.54) is 16.7 Å². The molecule has 0 aliphatic carbocycles. The van der Waals surface area contributed by atoms with E-state index in [0.29, 0.717) is 11.8 Å². The van der Waals surface area contributed by atoms with Gasteiger partial charge in [-0.3, -0.25) is 0 Å². The van der Waals surface area contributed by atoms with Crippen molar-refractivity contribution in [2.45, 2.75) is 26.4 Å². The highest BCUT2D eigenvalue weighted by atomic mass is 16.5. The van der Waals surface area contributed by atoms with Gasteiger partial charge in [-0.1, -0.05) is 6.07 Å². The van der Waals surface area contributed by atoms with Gasteiger partial charge in [-0.05, 0) is 41.8 Å². The second kappa shape index (κ2) is 4.26. The van der Waals surface area contributed by atoms with Crippen LogP contribution in [-0.4, -0.2) is 24.2 Å². The lowest BCUT2D eigenvalue weighted by Gasteiger charge is -2.06. The van der Waals surface area contributed by atoms with Crippen molar-refractivity contribution in [1.29, 1.82) is 0 Å². The molecule has 0 radical (unpaired) electrons. The number of rotatable bonds is 2. The topological polar surface area (TPSA) is 51.4 Å². The molecule has 1 aromatic carbocycles. The number of hydrogen-bond acceptors (Lipinski definition) is 5. The summed E-state index contributed by atoms with van der Waals surface area (Å²) in [6, 6.07) is 4.25. The van der Waals surface area contributed by atoms with Crippen LogP contribution in [0.5, 0.6) is 5.75 Å². The van der Waals surface area contributed by atoms with E-state index in [1.54, 1.807) is 0 Å². The van der Waals surface area contributed by atoms with Crippen LogP contribution in [0.2, 0.25) is 0 Å². The Hall–Kier alpha value is -2.04. The number of benzene rings is 1. The first-order valence-electron chi connectivity index (χ1n) is 6.32. The number of fused-ring (bicyclic) bond motifs is 1. The normalized spacial score (nSPS) is 17.2. The number of ether oxygens (including phenoxy) is 1. The fraction of sp³-hybridized carbons (Fsp3) is 0.429. The molecule has 1 aliphatic rings. The number of nitrogens with zero attached hydrogens (tertiary/aromatic N) is 3. The summed E-state index contributed by atoms with van der Waals surface area (Å²) in [7, 11) is 3.76. The quantitative estimate of drug-likeness (QED) is 0.829. The second-order valence-electron chi connectivity index (χ2n) is 5.18. The number of anilines is 1. The van der Waals surface area contributed by atoms with Gasteiger partial charge in [0.1, 0.15) is 5.75 Å². The van der Waals surface area contributed by atoms with Gasteiger partial charge < -0.3 is 14.2 Å². The van der Waals surface area contributed by atoms with Crippen molar-refractivity contribution in [2.75, 3.05) is 19.0 Å². The molecular weight excluding hydrogens is 242 g/mol. The average Bonchev–Trinajstić information content (AvgIpc) is 2.95. The highest BCUT2D eigenvalue weighted by molar-refractivity contribution is 5.45. The molecule has 0 N–H and O–H groups in total. The minimum Gasteiger partial charge on any atom is -0.480 e. The lowest BCUT2D eigenvalue weighted by Crippen LogP contribution is -2.11. The SMILES string of the molecule is Cc1cc2c(cc1C)OC(c1nc(N(C)C)no1)C2. The summed E-state index contributed by atoms with van der Waals surface area (Å²) in [5, 5.41) is 3.92. The molecule has 1 aliphatic heterocycles. The zero-order valence-electron chi connectivity index (χ0n) is 11.6. The highest BCUT2D eigenvalue weighted by Crippen LogP contribution is 2.37. The number of aromatic nitrogens is 2. The van der Waals surface area contributed by atoms with Crippen molar-refractivity contribution in [2.24, 2.45) is 0 Å². The molecule has 3 rings (SSSR count). The van der Waals surface area contributed by atoms with Crippen LogP contribution in [0.15, 0.2) is 16.7 Å². The Balaban J connectivity index is 1.86. The molecule has 1 unspecified atom stereocenters. The van der Waals surface area contributed by atoms with Crippen LogP contribution >= 0.6 is 0 Å². The van der Waals surface area contributed by atoms with Crippen molar-refractivity contribution in [3.8, 4) is 5.75 Å². The van der Waals surface area contributed by atoms with E-state index in [0.717, 1.165) is 12.2 Å². The van der Waals surface area contributed by atoms with Gasteiger partial charge in [-0.15, -0.1) is 0 Å². The Labute approximate surface area is 112 Å². The largest absolute Gasteiger partial charge is 0.480 e. The summed E-state index contributed by atoms with van der Waals surface area (Å²) >= 11 is 0. The van der Waals surface area contributed by atoms with E-state index in [-0.39, 0.29) is 6.10 Å². The molecule has 2 heterocycles. The standard InChI is InChI=1S/C14H17N3O2/c1-8-5-10-7-12(18-11(10)6-9(8)2)13-15-14(16-19-13)17(3)4/h5-6,12H,7H2,1-4H3. The Bertz CT molecular complexity index is 588. The lowest BCUT2D eigenvalue weighted by molar-refractivity contribution is 0.183. The first-order valence-corrected chi connectivity index (χ1v) is 6.32. The van der Waals surface area contributed by atoms with Gasteiger partial charge in [0.2, 0.25) is 0 Å². The van der Waals surface area contributed by atoms with Crippen molar-refractivity contribution in [1.82, 2.24) is 10.1 Å². The first-order chi connectivity index (χ1) is 9.04. The van der Waals surface area contributed by atoms with E-state index >= 15 is 0 Å². The maximum absolute atomic E-state index is 5.91. The molecular formula is C14H17N3O2. The van der Waals surface area contributed by atoms with Crippen LogP contribution in [0.3, 0.4) is 0 Å². The molecule has 0 spiro atoms. The van der Waals surface area contributed by atoms with E-state index in [2.05, 4.69) is 36.1 Å². The van der Waals surface area contributed by atoms with Gasteiger partial charge >= 0.3 is 0 Å². The van der Waals surface area contributed by atoms with Gasteiger partial charge in [0, 0.05) is 20.5 Å². The van der Waals surface area contributed by atoms with Crippen LogP contribution < -0.4 is 9.64 Å². The summed E-state index contributed by atoms with van der Waals surface area (Å²) in [4.78, 5) is 6.15. The van der Waals surface area contributed by atoms with Gasteiger partial charge in [0.25, 0.3) is 11.8 Å².